The van der Waals surface area contributed by atoms with Crippen LogP contribution in [0.2, 0.25) is 0 Å². The SMILES string of the molecule is N#C[C@H](C(=O)N1CCCC1)C(=S)Nc1ccccc1. The Bertz CT molecular complexity index is 503. The van der Waals surface area contributed by atoms with Crippen molar-refractivity contribution in [2.24, 2.45) is 5.92 Å². The number of hydrogen-bond acceptors (Lipinski definition) is 3. The molecule has 5 heteroatoms. The van der Waals surface area contributed by atoms with Crippen molar-refractivity contribution < 1.29 is 4.79 Å². The molecular weight excluding hydrogens is 258 g/mol. The van der Waals surface area contributed by atoms with Crippen LogP contribution in [0.4, 0.5) is 5.69 Å². The average Bonchev–Trinajstić information content (AvgIpc) is 2.94. The van der Waals surface area contributed by atoms with Crippen LogP contribution in [0.25, 0.3) is 0 Å². The van der Waals surface area contributed by atoms with Crippen LogP contribution in [0.1, 0.15) is 12.8 Å². The molecule has 1 saturated heterocycles. The normalized spacial score (nSPS) is 15.6. The highest BCUT2D eigenvalue weighted by Crippen LogP contribution is 2.15. The van der Waals surface area contributed by atoms with Crippen LogP contribution >= 0.6 is 12.2 Å². The van der Waals surface area contributed by atoms with E-state index in [1.54, 1.807) is 4.90 Å². The molecule has 1 heterocycles. The van der Waals surface area contributed by atoms with E-state index in [0.29, 0.717) is 0 Å². The Labute approximate surface area is 118 Å². The van der Waals surface area contributed by atoms with Crippen molar-refractivity contribution in [1.29, 1.82) is 5.26 Å². The Morgan fingerprint density at radius 3 is 2.53 bits per heavy atom. The summed E-state index contributed by atoms with van der Waals surface area (Å²) in [6, 6.07) is 11.3. The van der Waals surface area contributed by atoms with E-state index < -0.39 is 5.92 Å². The fourth-order valence-electron chi connectivity index (χ4n) is 2.08. The molecule has 1 aliphatic heterocycles. The highest BCUT2D eigenvalue weighted by atomic mass is 32.1. The molecule has 1 aliphatic rings. The van der Waals surface area contributed by atoms with Gasteiger partial charge in [-0.2, -0.15) is 5.26 Å². The lowest BCUT2D eigenvalue weighted by molar-refractivity contribution is -0.130. The smallest absolute Gasteiger partial charge is 0.246 e. The minimum Gasteiger partial charge on any atom is -0.348 e. The van der Waals surface area contributed by atoms with Crippen LogP contribution in [0.3, 0.4) is 0 Å². The van der Waals surface area contributed by atoms with Crippen molar-refractivity contribution in [1.82, 2.24) is 4.90 Å². The lowest BCUT2D eigenvalue weighted by Crippen LogP contribution is -2.38. The molecule has 0 saturated carbocycles. The van der Waals surface area contributed by atoms with Gasteiger partial charge in [-0.25, -0.2) is 0 Å². The first-order chi connectivity index (χ1) is 9.22. The summed E-state index contributed by atoms with van der Waals surface area (Å²) in [6.07, 6.45) is 2.01. The number of thiocarbonyl (C=S) groups is 1. The second-order valence-electron chi connectivity index (χ2n) is 4.45. The number of benzene rings is 1. The molecule has 1 atom stereocenters. The lowest BCUT2D eigenvalue weighted by Gasteiger charge is -2.19. The Morgan fingerprint density at radius 2 is 1.95 bits per heavy atom. The van der Waals surface area contributed by atoms with Crippen LogP contribution in [-0.4, -0.2) is 28.9 Å². The topological polar surface area (TPSA) is 56.1 Å². The van der Waals surface area contributed by atoms with E-state index >= 15 is 0 Å². The molecule has 98 valence electrons. The number of rotatable bonds is 3. The summed E-state index contributed by atoms with van der Waals surface area (Å²) in [4.78, 5) is 14.2. The number of nitrogens with zero attached hydrogens (tertiary/aromatic N) is 2. The molecule has 0 radical (unpaired) electrons. The standard InChI is InChI=1S/C14H15N3OS/c15-10-12(14(18)17-8-4-5-9-17)13(19)16-11-6-2-1-3-7-11/h1-3,6-7,12H,4-5,8-9H2,(H,16,19)/t12-/m0/s1. The summed E-state index contributed by atoms with van der Waals surface area (Å²) in [5.74, 6) is -1.08. The average molecular weight is 273 g/mol. The molecule has 0 spiro atoms. The fraction of sp³-hybridized carbons (Fsp3) is 0.357. The number of nitrogens with one attached hydrogen (secondary N) is 1. The second kappa shape index (κ2) is 6.30. The van der Waals surface area contributed by atoms with Gasteiger partial charge in [0.1, 0.15) is 4.99 Å². The Hall–Kier alpha value is -1.93. The summed E-state index contributed by atoms with van der Waals surface area (Å²) in [6.45, 7) is 1.45. The van der Waals surface area contributed by atoms with Crippen molar-refractivity contribution in [2.45, 2.75) is 12.8 Å². The molecule has 0 aliphatic carbocycles. The van der Waals surface area contributed by atoms with Crippen molar-refractivity contribution in [3.8, 4) is 6.07 Å². The molecule has 2 rings (SSSR count). The van der Waals surface area contributed by atoms with Gasteiger partial charge in [-0.15, -0.1) is 0 Å². The van der Waals surface area contributed by atoms with Gasteiger partial charge < -0.3 is 10.2 Å². The predicted octanol–water partition coefficient (Wildman–Crippen LogP) is 2.19. The first-order valence-electron chi connectivity index (χ1n) is 6.26. The van der Waals surface area contributed by atoms with E-state index in [4.69, 9.17) is 12.2 Å². The summed E-state index contributed by atoms with van der Waals surface area (Å²) in [7, 11) is 0. The van der Waals surface area contributed by atoms with Gasteiger partial charge in [-0.05, 0) is 25.0 Å². The van der Waals surface area contributed by atoms with E-state index in [1.807, 2.05) is 36.4 Å². The fourth-order valence-corrected chi connectivity index (χ4v) is 2.35. The molecule has 1 fully saturated rings. The molecule has 19 heavy (non-hydrogen) atoms. The third kappa shape index (κ3) is 3.30. The lowest BCUT2D eigenvalue weighted by atomic mass is 10.1. The van der Waals surface area contributed by atoms with Crippen molar-refractivity contribution in [2.75, 3.05) is 18.4 Å². The Morgan fingerprint density at radius 1 is 1.32 bits per heavy atom. The van der Waals surface area contributed by atoms with Crippen molar-refractivity contribution in [3.05, 3.63) is 30.3 Å². The largest absolute Gasteiger partial charge is 0.348 e. The number of amides is 1. The summed E-state index contributed by atoms with van der Waals surface area (Å²) in [5, 5.41) is 12.1. The predicted molar refractivity (Wildman–Crippen MR) is 77.6 cm³/mol. The molecule has 0 bridgehead atoms. The Balaban J connectivity index is 2.03. The molecular formula is C14H15N3OS. The van der Waals surface area contributed by atoms with Crippen molar-refractivity contribution >= 4 is 28.8 Å². The zero-order valence-corrected chi connectivity index (χ0v) is 11.3. The van der Waals surface area contributed by atoms with Gasteiger partial charge in [0.2, 0.25) is 5.91 Å². The van der Waals surface area contributed by atoms with Gasteiger partial charge in [0.15, 0.2) is 5.92 Å². The third-order valence-corrected chi connectivity index (χ3v) is 3.44. The molecule has 0 aromatic heterocycles. The maximum Gasteiger partial charge on any atom is 0.246 e. The van der Waals surface area contributed by atoms with Crippen LogP contribution < -0.4 is 5.32 Å². The minimum atomic E-state index is -0.895. The maximum absolute atomic E-state index is 12.2. The molecule has 0 unspecified atom stereocenters. The van der Waals surface area contributed by atoms with Gasteiger partial charge in [0.05, 0.1) is 6.07 Å². The zero-order valence-electron chi connectivity index (χ0n) is 10.5. The van der Waals surface area contributed by atoms with Crippen LogP contribution in [0.5, 0.6) is 0 Å². The van der Waals surface area contributed by atoms with Crippen LogP contribution in [-0.2, 0) is 4.79 Å². The number of anilines is 1. The number of carbonyl (C=O) groups excluding carboxylic acids is 1. The maximum atomic E-state index is 12.2. The molecule has 1 amide bonds. The van der Waals surface area contributed by atoms with E-state index in [9.17, 15) is 10.1 Å². The highest BCUT2D eigenvalue weighted by Gasteiger charge is 2.29. The second-order valence-corrected chi connectivity index (χ2v) is 4.89. The third-order valence-electron chi connectivity index (χ3n) is 3.10. The quantitative estimate of drug-likeness (QED) is 0.858. The number of para-hydroxylation sites is 1. The van der Waals surface area contributed by atoms with Gasteiger partial charge in [-0.1, -0.05) is 30.4 Å². The number of carbonyl (C=O) groups is 1. The summed E-state index contributed by atoms with van der Waals surface area (Å²) in [5.41, 5.74) is 0.793. The summed E-state index contributed by atoms with van der Waals surface area (Å²) < 4.78 is 0. The molecule has 1 aromatic carbocycles. The van der Waals surface area contributed by atoms with E-state index in [0.717, 1.165) is 31.6 Å². The molecule has 1 N–H and O–H groups in total. The monoisotopic (exact) mass is 273 g/mol. The first kappa shape index (κ1) is 13.5. The van der Waals surface area contributed by atoms with Gasteiger partial charge in [-0.3, -0.25) is 4.79 Å². The molecule has 4 nitrogen and oxygen atoms in total. The highest BCUT2D eigenvalue weighted by molar-refractivity contribution is 7.80. The molecule has 1 aromatic rings. The van der Waals surface area contributed by atoms with E-state index in [1.165, 1.54) is 0 Å². The van der Waals surface area contributed by atoms with Crippen molar-refractivity contribution in [3.63, 3.8) is 0 Å². The minimum absolute atomic E-state index is 0.187. The number of hydrogen-bond donors (Lipinski definition) is 1. The van der Waals surface area contributed by atoms with Gasteiger partial charge >= 0.3 is 0 Å². The number of nitriles is 1. The van der Waals surface area contributed by atoms with Crippen LogP contribution in [0.15, 0.2) is 30.3 Å². The zero-order chi connectivity index (χ0) is 13.7. The number of likely N-dealkylation sites (tertiary alicyclic amines) is 1. The van der Waals surface area contributed by atoms with Crippen LogP contribution in [0, 0.1) is 17.2 Å². The van der Waals surface area contributed by atoms with E-state index in [2.05, 4.69) is 5.32 Å². The van der Waals surface area contributed by atoms with Gasteiger partial charge in [0, 0.05) is 18.8 Å². The van der Waals surface area contributed by atoms with Gasteiger partial charge in [0.25, 0.3) is 0 Å². The first-order valence-corrected chi connectivity index (χ1v) is 6.67. The summed E-state index contributed by atoms with van der Waals surface area (Å²) >= 11 is 5.19. The van der Waals surface area contributed by atoms with E-state index in [-0.39, 0.29) is 10.9 Å². The Kier molecular flexibility index (Phi) is 4.48.